The lowest BCUT2D eigenvalue weighted by molar-refractivity contribution is 0.153. The highest BCUT2D eigenvalue weighted by atomic mass is 32.5. The lowest BCUT2D eigenvalue weighted by Gasteiger charge is -2.20. The third kappa shape index (κ3) is 12.0. The summed E-state index contributed by atoms with van der Waals surface area (Å²) in [6.45, 7) is 4.39. The molecule has 0 aromatic rings. The van der Waals surface area contributed by atoms with Gasteiger partial charge in [-0.3, -0.25) is 4.84 Å². The summed E-state index contributed by atoms with van der Waals surface area (Å²) in [5.41, 5.74) is 0. The highest BCUT2D eigenvalue weighted by Gasteiger charge is 2.17. The molecule has 0 radical (unpaired) electrons. The van der Waals surface area contributed by atoms with E-state index in [1.807, 2.05) is 20.1 Å². The Kier molecular flexibility index (Phi) is 13.3. The van der Waals surface area contributed by atoms with Crippen LogP contribution in [0.4, 0.5) is 4.79 Å². The average Bonchev–Trinajstić information content (AvgIpc) is 2.50. The first-order valence-corrected chi connectivity index (χ1v) is 12.3. The number of amides is 1. The van der Waals surface area contributed by atoms with Crippen LogP contribution >= 0.6 is 18.3 Å². The van der Waals surface area contributed by atoms with Gasteiger partial charge in [0.25, 0.3) is 0 Å². The van der Waals surface area contributed by atoms with Crippen molar-refractivity contribution in [3.05, 3.63) is 0 Å². The van der Waals surface area contributed by atoms with Crippen LogP contribution in [0.2, 0.25) is 0 Å². The van der Waals surface area contributed by atoms with E-state index < -0.39 is 23.6 Å². The van der Waals surface area contributed by atoms with Crippen LogP contribution in [-0.4, -0.2) is 53.4 Å². The maximum absolute atomic E-state index is 11.7. The molecule has 0 bridgehead atoms. The molecule has 12 heteroatoms. The van der Waals surface area contributed by atoms with Crippen molar-refractivity contribution < 1.29 is 22.9 Å². The highest BCUT2D eigenvalue weighted by molar-refractivity contribution is 8.13. The van der Waals surface area contributed by atoms with Crippen LogP contribution in [-0.2, 0) is 36.7 Å². The van der Waals surface area contributed by atoms with Gasteiger partial charge in [0.1, 0.15) is 21.9 Å². The molecule has 0 aliphatic carbocycles. The van der Waals surface area contributed by atoms with Crippen molar-refractivity contribution in [2.75, 3.05) is 38.1 Å². The van der Waals surface area contributed by atoms with E-state index in [-0.39, 0.29) is 5.88 Å². The van der Waals surface area contributed by atoms with E-state index in [0.29, 0.717) is 31.0 Å². The van der Waals surface area contributed by atoms with Crippen LogP contribution in [0.1, 0.15) is 20.8 Å². The first-order valence-electron chi connectivity index (χ1n) is 6.90. The lowest BCUT2D eigenvalue weighted by atomic mass is 10.8. The van der Waals surface area contributed by atoms with Crippen molar-refractivity contribution in [2.24, 2.45) is 5.16 Å². The van der Waals surface area contributed by atoms with Crippen molar-refractivity contribution in [3.8, 4) is 0 Å². The van der Waals surface area contributed by atoms with Gasteiger partial charge in [0, 0.05) is 12.7 Å². The Morgan fingerprint density at radius 1 is 1.35 bits per heavy atom. The minimum atomic E-state index is -2.33. The van der Waals surface area contributed by atoms with E-state index in [2.05, 4.69) is 20.0 Å². The molecule has 8 nitrogen and oxygen atoms in total. The standard InChI is InChI=1S/C11H24N3O5PS3/c1-5-17-20(21,18-6-2)8-7-13-23(16)9-12-11(15)19-14-10(3)22-4/h13H,5-9H2,1-4H3,(H,12,15). The van der Waals surface area contributed by atoms with E-state index in [4.69, 9.17) is 20.9 Å². The second-order valence-electron chi connectivity index (χ2n) is 3.92. The average molecular weight is 406 g/mol. The molecular weight excluding hydrogens is 381 g/mol. The summed E-state index contributed by atoms with van der Waals surface area (Å²) in [5.74, 6) is -0.0984. The predicted molar refractivity (Wildman–Crippen MR) is 99.7 cm³/mol. The quantitative estimate of drug-likeness (QED) is 0.178. The van der Waals surface area contributed by atoms with Gasteiger partial charge in [0.05, 0.1) is 13.2 Å². The van der Waals surface area contributed by atoms with Gasteiger partial charge >= 0.3 is 6.09 Å². The largest absolute Gasteiger partial charge is 0.434 e. The Morgan fingerprint density at radius 3 is 2.48 bits per heavy atom. The number of carbonyl (C=O) groups is 1. The van der Waals surface area contributed by atoms with Crippen LogP contribution < -0.4 is 10.0 Å². The maximum Gasteiger partial charge on any atom is 0.434 e. The molecule has 1 atom stereocenters. The Balaban J connectivity index is 4.03. The van der Waals surface area contributed by atoms with E-state index in [1.165, 1.54) is 11.8 Å². The SMILES string of the molecule is CCOP(=S)(CCNS(=O)CNC(=O)ON=C(C)SC)OCC. The Morgan fingerprint density at radius 2 is 1.96 bits per heavy atom. The van der Waals surface area contributed by atoms with Gasteiger partial charge in [-0.2, -0.15) is 0 Å². The summed E-state index contributed by atoms with van der Waals surface area (Å²) in [5, 5.41) is 6.51. The normalized spacial score (nSPS) is 13.7. The molecule has 0 spiro atoms. The molecule has 0 fully saturated rings. The second kappa shape index (κ2) is 13.3. The second-order valence-corrected chi connectivity index (χ2v) is 10.0. The summed E-state index contributed by atoms with van der Waals surface area (Å²) in [6.07, 6.45) is 1.50. The molecule has 23 heavy (non-hydrogen) atoms. The molecule has 0 aromatic heterocycles. The summed E-state index contributed by atoms with van der Waals surface area (Å²) >= 11 is 6.70. The highest BCUT2D eigenvalue weighted by Crippen LogP contribution is 2.47. The number of carbonyl (C=O) groups excluding carboxylic acids is 1. The Hall–Kier alpha value is -0.0300. The smallest absolute Gasteiger partial charge is 0.330 e. The molecule has 0 aliphatic rings. The maximum atomic E-state index is 11.7. The van der Waals surface area contributed by atoms with E-state index in [1.54, 1.807) is 6.92 Å². The van der Waals surface area contributed by atoms with Gasteiger partial charge < -0.3 is 14.4 Å². The molecule has 0 aromatic carbocycles. The van der Waals surface area contributed by atoms with Crippen LogP contribution in [0.25, 0.3) is 0 Å². The van der Waals surface area contributed by atoms with Gasteiger partial charge in [-0.1, -0.05) is 5.16 Å². The number of oxime groups is 1. The van der Waals surface area contributed by atoms with Crippen molar-refractivity contribution in [2.45, 2.75) is 20.8 Å². The third-order valence-corrected chi connectivity index (χ3v) is 7.05. The van der Waals surface area contributed by atoms with Crippen LogP contribution in [0, 0.1) is 0 Å². The van der Waals surface area contributed by atoms with Gasteiger partial charge in [-0.05, 0) is 38.8 Å². The van der Waals surface area contributed by atoms with Gasteiger partial charge in [-0.25, -0.2) is 13.7 Å². The van der Waals surface area contributed by atoms with Crippen LogP contribution in [0.3, 0.4) is 0 Å². The molecule has 136 valence electrons. The lowest BCUT2D eigenvalue weighted by Crippen LogP contribution is -2.33. The number of rotatable bonds is 11. The minimum Gasteiger partial charge on any atom is -0.330 e. The zero-order chi connectivity index (χ0) is 17.7. The van der Waals surface area contributed by atoms with Gasteiger partial charge in [-0.15, -0.1) is 11.8 Å². The Bertz CT molecular complexity index is 454. The zero-order valence-corrected chi connectivity index (χ0v) is 17.0. The number of hydrogen-bond acceptors (Lipinski definition) is 8. The molecule has 0 heterocycles. The van der Waals surface area contributed by atoms with E-state index in [0.717, 1.165) is 0 Å². The van der Waals surface area contributed by atoms with Crippen molar-refractivity contribution in [3.63, 3.8) is 0 Å². The third-order valence-electron chi connectivity index (χ3n) is 2.20. The molecule has 0 rings (SSSR count). The number of hydrogen-bond donors (Lipinski definition) is 2. The first kappa shape index (κ1) is 23.0. The molecule has 1 unspecified atom stereocenters. The molecule has 2 N–H and O–H groups in total. The van der Waals surface area contributed by atoms with Crippen LogP contribution in [0.15, 0.2) is 5.16 Å². The summed E-state index contributed by atoms with van der Waals surface area (Å²) < 4.78 is 25.4. The monoisotopic (exact) mass is 405 g/mol. The predicted octanol–water partition coefficient (Wildman–Crippen LogP) is 2.00. The van der Waals surface area contributed by atoms with Crippen molar-refractivity contribution >= 4 is 52.2 Å². The fourth-order valence-electron chi connectivity index (χ4n) is 1.21. The fourth-order valence-corrected chi connectivity index (χ4v) is 4.56. The fraction of sp³-hybridized carbons (Fsp3) is 0.818. The van der Waals surface area contributed by atoms with Crippen molar-refractivity contribution in [1.82, 2.24) is 10.0 Å². The topological polar surface area (TPSA) is 98.3 Å². The molecule has 0 aliphatic heterocycles. The summed E-state index contributed by atoms with van der Waals surface area (Å²) in [6, 6.07) is 0. The molecule has 1 amide bonds. The Labute approximate surface area is 149 Å². The van der Waals surface area contributed by atoms with Crippen molar-refractivity contribution in [1.29, 1.82) is 0 Å². The minimum absolute atomic E-state index is 0.0984. The van der Waals surface area contributed by atoms with Crippen LogP contribution in [0.5, 0.6) is 0 Å². The summed E-state index contributed by atoms with van der Waals surface area (Å²) in [7, 11) is -1.45. The zero-order valence-electron chi connectivity index (χ0n) is 13.7. The van der Waals surface area contributed by atoms with Gasteiger partial charge in [0.15, 0.2) is 6.49 Å². The van der Waals surface area contributed by atoms with E-state index >= 15 is 0 Å². The number of nitrogens with zero attached hydrogens (tertiary/aromatic N) is 1. The summed E-state index contributed by atoms with van der Waals surface area (Å²) in [4.78, 5) is 15.9. The van der Waals surface area contributed by atoms with Gasteiger partial charge in [0.2, 0.25) is 0 Å². The molecular formula is C11H24N3O5PS3. The van der Waals surface area contributed by atoms with E-state index in [9.17, 15) is 9.00 Å². The number of nitrogens with one attached hydrogen (secondary N) is 2. The molecule has 0 saturated carbocycles. The molecule has 0 saturated heterocycles. The number of thioether (sulfide) groups is 1. The first-order chi connectivity index (χ1) is 10.9.